The second-order valence-electron chi connectivity index (χ2n) is 9.79. The van der Waals surface area contributed by atoms with E-state index in [2.05, 4.69) is 59.3 Å². The monoisotopic (exact) mass is 518 g/mol. The summed E-state index contributed by atoms with van der Waals surface area (Å²) in [5.74, 6) is 5.97. The SMILES string of the molecule is O=c1[nH]c(=O)n([C@@H]2O[C@H](CO)[C@@H](O)[C@H]2O)cc1C#Cc1ccc2c3cccc4cccc(c5cccc1c52)c43. The first-order valence-electron chi connectivity index (χ1n) is 12.5. The lowest BCUT2D eigenvalue weighted by atomic mass is 9.88. The summed E-state index contributed by atoms with van der Waals surface area (Å²) in [6.07, 6.45) is -4.00. The molecule has 0 unspecified atom stereocenters. The van der Waals surface area contributed by atoms with Gasteiger partial charge < -0.3 is 20.1 Å². The Kier molecular flexibility index (Phi) is 5.30. The van der Waals surface area contributed by atoms with Gasteiger partial charge in [-0.3, -0.25) is 14.3 Å². The number of hydrogen-bond donors (Lipinski definition) is 4. The first kappa shape index (κ1) is 23.6. The predicted molar refractivity (Wildman–Crippen MR) is 148 cm³/mol. The van der Waals surface area contributed by atoms with Crippen LogP contribution in [0.1, 0.15) is 17.4 Å². The van der Waals surface area contributed by atoms with Gasteiger partial charge in [0.2, 0.25) is 0 Å². The molecule has 5 aromatic carbocycles. The number of benzene rings is 5. The van der Waals surface area contributed by atoms with Gasteiger partial charge in [0, 0.05) is 11.8 Å². The lowest BCUT2D eigenvalue weighted by Crippen LogP contribution is -2.38. The smallest absolute Gasteiger partial charge is 0.330 e. The summed E-state index contributed by atoms with van der Waals surface area (Å²) in [7, 11) is 0. The number of aliphatic hydroxyl groups excluding tert-OH is 3. The zero-order valence-corrected chi connectivity index (χ0v) is 20.5. The molecule has 1 fully saturated rings. The van der Waals surface area contributed by atoms with Crippen LogP contribution in [0.25, 0.3) is 43.1 Å². The molecule has 1 aromatic heterocycles. The van der Waals surface area contributed by atoms with Crippen LogP contribution in [-0.4, -0.2) is 49.8 Å². The maximum atomic E-state index is 12.6. The fourth-order valence-corrected chi connectivity index (χ4v) is 5.76. The van der Waals surface area contributed by atoms with E-state index in [1.54, 1.807) is 0 Å². The van der Waals surface area contributed by atoms with Gasteiger partial charge in [0.1, 0.15) is 23.9 Å². The van der Waals surface area contributed by atoms with E-state index in [-0.39, 0.29) is 5.56 Å². The molecular weight excluding hydrogens is 496 g/mol. The van der Waals surface area contributed by atoms with E-state index in [9.17, 15) is 24.9 Å². The molecule has 4 atom stereocenters. The predicted octanol–water partition coefficient (Wildman–Crippen LogP) is 2.60. The van der Waals surface area contributed by atoms with E-state index >= 15 is 0 Å². The molecule has 0 saturated carbocycles. The number of ether oxygens (including phenoxy) is 1. The van der Waals surface area contributed by atoms with Gasteiger partial charge in [-0.25, -0.2) is 4.79 Å². The molecule has 192 valence electrons. The summed E-state index contributed by atoms with van der Waals surface area (Å²) in [5, 5.41) is 38.8. The minimum atomic E-state index is -1.47. The third-order valence-electron chi connectivity index (χ3n) is 7.62. The van der Waals surface area contributed by atoms with Crippen LogP contribution in [0, 0.1) is 11.8 Å². The van der Waals surface area contributed by atoms with E-state index in [1.165, 1.54) is 17.0 Å². The van der Waals surface area contributed by atoms with Gasteiger partial charge in [-0.2, -0.15) is 0 Å². The average molecular weight is 519 g/mol. The van der Waals surface area contributed by atoms with Crippen molar-refractivity contribution >= 4 is 43.1 Å². The highest BCUT2D eigenvalue weighted by molar-refractivity contribution is 6.33. The Bertz CT molecular complexity index is 2050. The molecule has 0 bridgehead atoms. The first-order chi connectivity index (χ1) is 19.0. The van der Waals surface area contributed by atoms with Crippen molar-refractivity contribution in [2.24, 2.45) is 0 Å². The fraction of sp³-hybridized carbons (Fsp3) is 0.161. The van der Waals surface area contributed by atoms with E-state index in [0.29, 0.717) is 5.56 Å². The Hall–Kier alpha value is -4.52. The summed E-state index contributed by atoms with van der Waals surface area (Å²) in [5.41, 5.74) is -0.802. The van der Waals surface area contributed by atoms with Crippen LogP contribution in [-0.2, 0) is 4.74 Å². The Morgan fingerprint density at radius 2 is 1.38 bits per heavy atom. The summed E-state index contributed by atoms with van der Waals surface area (Å²) >= 11 is 0. The first-order valence-corrected chi connectivity index (χ1v) is 12.5. The largest absolute Gasteiger partial charge is 0.394 e. The van der Waals surface area contributed by atoms with E-state index in [0.717, 1.165) is 36.9 Å². The van der Waals surface area contributed by atoms with Gasteiger partial charge >= 0.3 is 5.69 Å². The lowest BCUT2D eigenvalue weighted by Gasteiger charge is -2.17. The van der Waals surface area contributed by atoms with Gasteiger partial charge in [0.15, 0.2) is 6.23 Å². The van der Waals surface area contributed by atoms with E-state index in [1.807, 2.05) is 24.3 Å². The van der Waals surface area contributed by atoms with Crippen molar-refractivity contribution in [3.8, 4) is 11.8 Å². The number of nitrogens with one attached hydrogen (secondary N) is 1. The quantitative estimate of drug-likeness (QED) is 0.159. The molecule has 0 radical (unpaired) electrons. The molecule has 4 N–H and O–H groups in total. The highest BCUT2D eigenvalue weighted by Gasteiger charge is 2.43. The average Bonchev–Trinajstić information content (AvgIpc) is 3.24. The maximum absolute atomic E-state index is 12.6. The van der Waals surface area contributed by atoms with Gasteiger partial charge in [-0.1, -0.05) is 72.5 Å². The van der Waals surface area contributed by atoms with Crippen LogP contribution in [0.5, 0.6) is 0 Å². The standard InChI is InChI=1S/C31H22N2O6/c34-15-24-27(35)28(36)30(39-24)33-14-18(29(37)32-31(33)38)11-10-16-12-13-23-21-8-2-5-17-4-1-7-20(25(17)21)22-9-3-6-19(16)26(22)23/h1-9,12-14,24,27-28,30,34-36H,15H2,(H,32,37,38)/t24-,27-,28-,30-/m1/s1. The minimum Gasteiger partial charge on any atom is -0.394 e. The minimum absolute atomic E-state index is 0.0112. The highest BCUT2D eigenvalue weighted by Crippen LogP contribution is 2.40. The third kappa shape index (κ3) is 3.49. The van der Waals surface area contributed by atoms with Crippen LogP contribution in [0.15, 0.2) is 82.5 Å². The molecule has 6 aromatic rings. The maximum Gasteiger partial charge on any atom is 0.330 e. The second kappa shape index (κ2) is 8.76. The Labute approximate surface area is 220 Å². The van der Waals surface area contributed by atoms with Crippen LogP contribution in [0.4, 0.5) is 0 Å². The zero-order chi connectivity index (χ0) is 26.8. The van der Waals surface area contributed by atoms with Gasteiger partial charge in [0.05, 0.1) is 6.61 Å². The summed E-state index contributed by atoms with van der Waals surface area (Å²) < 4.78 is 6.43. The zero-order valence-electron chi connectivity index (χ0n) is 20.5. The fourth-order valence-electron chi connectivity index (χ4n) is 5.76. The molecule has 1 aliphatic heterocycles. The van der Waals surface area contributed by atoms with Crippen LogP contribution < -0.4 is 11.2 Å². The van der Waals surface area contributed by atoms with Crippen molar-refractivity contribution in [3.05, 3.63) is 105 Å². The number of aromatic nitrogens is 2. The summed E-state index contributed by atoms with van der Waals surface area (Å²) in [6, 6.07) is 22.7. The van der Waals surface area contributed by atoms with Crippen molar-refractivity contribution in [3.63, 3.8) is 0 Å². The lowest BCUT2D eigenvalue weighted by molar-refractivity contribution is -0.0550. The molecule has 1 saturated heterocycles. The van der Waals surface area contributed by atoms with Crippen LogP contribution in [0.3, 0.4) is 0 Å². The second-order valence-corrected chi connectivity index (χ2v) is 9.79. The van der Waals surface area contributed by atoms with Crippen molar-refractivity contribution in [1.82, 2.24) is 9.55 Å². The van der Waals surface area contributed by atoms with Crippen LogP contribution >= 0.6 is 0 Å². The van der Waals surface area contributed by atoms with E-state index in [4.69, 9.17) is 4.74 Å². The number of H-pyrrole nitrogens is 1. The number of nitrogens with zero attached hydrogens (tertiary/aromatic N) is 1. The van der Waals surface area contributed by atoms with Gasteiger partial charge in [0.25, 0.3) is 5.56 Å². The molecule has 1 aliphatic rings. The van der Waals surface area contributed by atoms with Crippen molar-refractivity contribution in [1.29, 1.82) is 0 Å². The molecule has 8 nitrogen and oxygen atoms in total. The molecule has 0 spiro atoms. The Morgan fingerprint density at radius 1 is 0.769 bits per heavy atom. The molecule has 0 amide bonds. The number of aromatic amines is 1. The summed E-state index contributed by atoms with van der Waals surface area (Å²) in [4.78, 5) is 27.3. The molecular formula is C31H22N2O6. The van der Waals surface area contributed by atoms with E-state index < -0.39 is 42.4 Å². The number of hydrogen-bond acceptors (Lipinski definition) is 6. The number of rotatable bonds is 2. The van der Waals surface area contributed by atoms with Crippen molar-refractivity contribution < 1.29 is 20.1 Å². The van der Waals surface area contributed by atoms with Crippen molar-refractivity contribution in [2.75, 3.05) is 6.61 Å². The molecule has 7 rings (SSSR count). The number of aliphatic hydroxyl groups is 3. The summed E-state index contributed by atoms with van der Waals surface area (Å²) in [6.45, 7) is -0.538. The van der Waals surface area contributed by atoms with Crippen molar-refractivity contribution in [2.45, 2.75) is 24.5 Å². The highest BCUT2D eigenvalue weighted by atomic mass is 16.6. The number of fused-ring (bicyclic) bond motifs is 2. The molecule has 2 heterocycles. The topological polar surface area (TPSA) is 125 Å². The van der Waals surface area contributed by atoms with Crippen LogP contribution in [0.2, 0.25) is 0 Å². The molecule has 8 heteroatoms. The normalized spacial score (nSPS) is 21.2. The Morgan fingerprint density at radius 3 is 2.08 bits per heavy atom. The van der Waals surface area contributed by atoms with Gasteiger partial charge in [-0.15, -0.1) is 0 Å². The Balaban J connectivity index is 1.39. The third-order valence-corrected chi connectivity index (χ3v) is 7.62. The molecule has 39 heavy (non-hydrogen) atoms. The molecule has 0 aliphatic carbocycles. The van der Waals surface area contributed by atoms with Gasteiger partial charge in [-0.05, 0) is 49.2 Å².